The van der Waals surface area contributed by atoms with Crippen LogP contribution in [0.25, 0.3) is 5.82 Å². The predicted molar refractivity (Wildman–Crippen MR) is 97.3 cm³/mol. The number of urea groups is 1. The van der Waals surface area contributed by atoms with Gasteiger partial charge in [0.05, 0.1) is 17.4 Å². The van der Waals surface area contributed by atoms with E-state index in [1.165, 1.54) is 17.9 Å². The number of amides is 4. The Morgan fingerprint density at radius 2 is 2.15 bits per heavy atom. The van der Waals surface area contributed by atoms with Crippen molar-refractivity contribution in [1.82, 2.24) is 30.3 Å². The third-order valence-corrected chi connectivity index (χ3v) is 4.45. The molecule has 2 N–H and O–H groups in total. The molecule has 0 spiro atoms. The summed E-state index contributed by atoms with van der Waals surface area (Å²) in [5.41, 5.74) is 1.53. The Labute approximate surface area is 160 Å². The molecule has 4 amide bonds. The Balaban J connectivity index is 1.66. The lowest BCUT2D eigenvalue weighted by Gasteiger charge is -2.28. The van der Waals surface area contributed by atoms with Crippen LogP contribution in [0.2, 0.25) is 5.02 Å². The van der Waals surface area contributed by atoms with Crippen molar-refractivity contribution in [3.63, 3.8) is 0 Å². The van der Waals surface area contributed by atoms with Crippen LogP contribution in [0.5, 0.6) is 0 Å². The van der Waals surface area contributed by atoms with Crippen molar-refractivity contribution in [2.24, 2.45) is 0 Å². The number of rotatable bonds is 4. The zero-order valence-electron chi connectivity index (χ0n) is 14.9. The van der Waals surface area contributed by atoms with Gasteiger partial charge in [-0.1, -0.05) is 17.7 Å². The minimum atomic E-state index is -0.715. The number of carbonyl (C=O) groups is 3. The number of likely N-dealkylation sites (tertiary alicyclic amines) is 1. The lowest BCUT2D eigenvalue weighted by Crippen LogP contribution is -2.54. The maximum Gasteiger partial charge on any atom is 0.315 e. The summed E-state index contributed by atoms with van der Waals surface area (Å²) in [5.74, 6) is -0.0988. The molecular weight excluding hydrogens is 372 g/mol. The molecule has 9 nitrogen and oxygen atoms in total. The number of pyridine rings is 1. The number of aromatic nitrogens is 3. The average Bonchev–Trinajstić information content (AvgIpc) is 3.07. The first-order valence-corrected chi connectivity index (χ1v) is 8.75. The number of halogens is 1. The standard InChI is InChI=1S/C17H19ClN6O3/c1-10-3-4-11(15(21-10)24-9-12(18)8-20-24)7-19-17(27)22-13-5-6-14(25)23(2)16(13)26/h3-4,8-9,13H,5-7H2,1-2H3,(H2,19,22,27). The van der Waals surface area contributed by atoms with Crippen LogP contribution >= 0.6 is 11.6 Å². The molecule has 1 atom stereocenters. The van der Waals surface area contributed by atoms with E-state index in [1.54, 1.807) is 6.20 Å². The molecule has 10 heteroatoms. The number of aryl methyl sites for hydroxylation is 1. The summed E-state index contributed by atoms with van der Waals surface area (Å²) < 4.78 is 1.54. The predicted octanol–water partition coefficient (Wildman–Crippen LogP) is 1.18. The van der Waals surface area contributed by atoms with Crippen LogP contribution in [0.3, 0.4) is 0 Å². The Hall–Kier alpha value is -2.94. The summed E-state index contributed by atoms with van der Waals surface area (Å²) in [6.07, 6.45) is 3.64. The summed E-state index contributed by atoms with van der Waals surface area (Å²) in [5, 5.41) is 9.94. The van der Waals surface area contributed by atoms with Gasteiger partial charge in [0.1, 0.15) is 6.04 Å². The highest BCUT2D eigenvalue weighted by molar-refractivity contribution is 6.30. The second kappa shape index (κ2) is 7.75. The van der Waals surface area contributed by atoms with Crippen LogP contribution in [-0.2, 0) is 16.1 Å². The van der Waals surface area contributed by atoms with Gasteiger partial charge in [0, 0.05) is 31.3 Å². The number of nitrogens with zero attached hydrogens (tertiary/aromatic N) is 4. The number of likely N-dealkylation sites (N-methyl/N-ethyl adjacent to an activating group) is 1. The zero-order valence-corrected chi connectivity index (χ0v) is 15.7. The van der Waals surface area contributed by atoms with Gasteiger partial charge in [-0.3, -0.25) is 14.5 Å². The van der Waals surface area contributed by atoms with E-state index in [9.17, 15) is 14.4 Å². The number of hydrogen-bond donors (Lipinski definition) is 2. The largest absolute Gasteiger partial charge is 0.334 e. The fraction of sp³-hybridized carbons (Fsp3) is 0.353. The minimum Gasteiger partial charge on any atom is -0.334 e. The van der Waals surface area contributed by atoms with Crippen molar-refractivity contribution in [2.75, 3.05) is 7.05 Å². The Morgan fingerprint density at radius 1 is 1.37 bits per heavy atom. The molecule has 1 aliphatic rings. The number of nitrogens with one attached hydrogen (secondary N) is 2. The van der Waals surface area contributed by atoms with Crippen molar-refractivity contribution < 1.29 is 14.4 Å². The SMILES string of the molecule is Cc1ccc(CNC(=O)NC2CCC(=O)N(C)C2=O)c(-n2cc(Cl)cn2)n1. The molecule has 1 fully saturated rings. The zero-order chi connectivity index (χ0) is 19.6. The first-order chi connectivity index (χ1) is 12.8. The normalized spacial score (nSPS) is 17.1. The number of piperidine rings is 1. The van der Waals surface area contributed by atoms with Gasteiger partial charge in [-0.15, -0.1) is 0 Å². The average molecular weight is 391 g/mol. The molecule has 3 rings (SSSR count). The summed E-state index contributed by atoms with van der Waals surface area (Å²) >= 11 is 5.92. The van der Waals surface area contributed by atoms with E-state index in [1.807, 2.05) is 19.1 Å². The van der Waals surface area contributed by atoms with Gasteiger partial charge in [-0.25, -0.2) is 14.5 Å². The first-order valence-electron chi connectivity index (χ1n) is 8.37. The van der Waals surface area contributed by atoms with Crippen molar-refractivity contribution in [3.05, 3.63) is 40.8 Å². The van der Waals surface area contributed by atoms with Crippen molar-refractivity contribution in [3.8, 4) is 5.82 Å². The van der Waals surface area contributed by atoms with Gasteiger partial charge >= 0.3 is 6.03 Å². The van der Waals surface area contributed by atoms with Crippen LogP contribution in [0.1, 0.15) is 24.1 Å². The Bertz CT molecular complexity index is 897. The molecule has 1 saturated heterocycles. The van der Waals surface area contributed by atoms with E-state index in [-0.39, 0.29) is 18.9 Å². The molecule has 0 radical (unpaired) electrons. The molecule has 3 heterocycles. The third kappa shape index (κ3) is 4.25. The number of imide groups is 1. The second-order valence-electron chi connectivity index (χ2n) is 6.25. The van der Waals surface area contributed by atoms with E-state index in [0.717, 1.165) is 16.2 Å². The molecule has 142 valence electrons. The molecule has 1 unspecified atom stereocenters. The Morgan fingerprint density at radius 3 is 2.85 bits per heavy atom. The smallest absolute Gasteiger partial charge is 0.315 e. The van der Waals surface area contributed by atoms with E-state index < -0.39 is 18.0 Å². The van der Waals surface area contributed by atoms with Crippen LogP contribution in [-0.4, -0.2) is 50.6 Å². The maximum absolute atomic E-state index is 12.2. The monoisotopic (exact) mass is 390 g/mol. The lowest BCUT2D eigenvalue weighted by molar-refractivity contribution is -0.147. The van der Waals surface area contributed by atoms with Crippen LogP contribution in [0, 0.1) is 6.92 Å². The number of carbonyl (C=O) groups excluding carboxylic acids is 3. The van der Waals surface area contributed by atoms with Crippen molar-refractivity contribution >= 4 is 29.4 Å². The summed E-state index contributed by atoms with van der Waals surface area (Å²) in [7, 11) is 1.41. The van der Waals surface area contributed by atoms with E-state index in [4.69, 9.17) is 11.6 Å². The first kappa shape index (κ1) is 18.8. The van der Waals surface area contributed by atoms with E-state index in [0.29, 0.717) is 17.3 Å². The summed E-state index contributed by atoms with van der Waals surface area (Å²) in [4.78, 5) is 41.2. The Kier molecular flexibility index (Phi) is 5.41. The summed E-state index contributed by atoms with van der Waals surface area (Å²) in [6.45, 7) is 2.03. The second-order valence-corrected chi connectivity index (χ2v) is 6.68. The lowest BCUT2D eigenvalue weighted by atomic mass is 10.1. The van der Waals surface area contributed by atoms with Crippen LogP contribution in [0.15, 0.2) is 24.5 Å². The van der Waals surface area contributed by atoms with Gasteiger partial charge in [0.2, 0.25) is 5.91 Å². The van der Waals surface area contributed by atoms with E-state index >= 15 is 0 Å². The van der Waals surface area contributed by atoms with Gasteiger partial charge in [-0.2, -0.15) is 5.10 Å². The maximum atomic E-state index is 12.2. The number of hydrogen-bond acceptors (Lipinski definition) is 5. The molecule has 0 saturated carbocycles. The molecule has 2 aromatic heterocycles. The quantitative estimate of drug-likeness (QED) is 0.762. The molecule has 0 aliphatic carbocycles. The van der Waals surface area contributed by atoms with Crippen molar-refractivity contribution in [2.45, 2.75) is 32.4 Å². The van der Waals surface area contributed by atoms with Gasteiger partial charge in [-0.05, 0) is 19.4 Å². The molecular formula is C17H19ClN6O3. The van der Waals surface area contributed by atoms with Gasteiger partial charge in [0.25, 0.3) is 5.91 Å². The molecule has 27 heavy (non-hydrogen) atoms. The topological polar surface area (TPSA) is 109 Å². The van der Waals surface area contributed by atoms with Crippen molar-refractivity contribution in [1.29, 1.82) is 0 Å². The van der Waals surface area contributed by atoms with E-state index in [2.05, 4.69) is 20.7 Å². The molecule has 0 bridgehead atoms. The fourth-order valence-electron chi connectivity index (χ4n) is 2.76. The molecule has 2 aromatic rings. The molecule has 0 aromatic carbocycles. The van der Waals surface area contributed by atoms with Crippen LogP contribution < -0.4 is 10.6 Å². The van der Waals surface area contributed by atoms with Crippen LogP contribution in [0.4, 0.5) is 4.79 Å². The highest BCUT2D eigenvalue weighted by Crippen LogP contribution is 2.15. The minimum absolute atomic E-state index is 0.182. The fourth-order valence-corrected chi connectivity index (χ4v) is 2.90. The highest BCUT2D eigenvalue weighted by Gasteiger charge is 2.32. The molecule has 1 aliphatic heterocycles. The summed E-state index contributed by atoms with van der Waals surface area (Å²) in [6, 6.07) is 2.45. The van der Waals surface area contributed by atoms with Gasteiger partial charge in [0.15, 0.2) is 5.82 Å². The third-order valence-electron chi connectivity index (χ3n) is 4.26. The van der Waals surface area contributed by atoms with Gasteiger partial charge < -0.3 is 10.6 Å². The highest BCUT2D eigenvalue weighted by atomic mass is 35.5.